The van der Waals surface area contributed by atoms with Gasteiger partial charge in [0.1, 0.15) is 6.04 Å². The standard InChI is InChI=1S/C30H30ClN5O5S2/c1-22-19-24(23(2)36(22)28-16-10-9-15-27(28)31)20-32-33-30(37)29-21-34(42(38,39)25-11-5-3-6-12-25)17-18-35(29)43(40,41)26-13-7-4-8-14-26/h3-16,19-20,29H,17-18,21H2,1-2H3,(H,33,37)/b32-20-/t29-/m0/s1. The van der Waals surface area contributed by atoms with E-state index in [0.717, 1.165) is 25.7 Å². The summed E-state index contributed by atoms with van der Waals surface area (Å²) in [6, 6.07) is 23.5. The Kier molecular flexibility index (Phi) is 8.86. The van der Waals surface area contributed by atoms with Crippen molar-refractivity contribution in [2.24, 2.45) is 5.10 Å². The first-order chi connectivity index (χ1) is 20.5. The summed E-state index contributed by atoms with van der Waals surface area (Å²) in [6.07, 6.45) is 1.46. The van der Waals surface area contributed by atoms with Crippen molar-refractivity contribution < 1.29 is 21.6 Å². The van der Waals surface area contributed by atoms with Gasteiger partial charge in [-0.25, -0.2) is 22.3 Å². The summed E-state index contributed by atoms with van der Waals surface area (Å²) in [5, 5.41) is 4.70. The highest BCUT2D eigenvalue weighted by molar-refractivity contribution is 7.89. The summed E-state index contributed by atoms with van der Waals surface area (Å²) in [5.41, 5.74) is 5.67. The molecule has 10 nitrogen and oxygen atoms in total. The van der Waals surface area contributed by atoms with E-state index in [1.807, 2.05) is 42.7 Å². The van der Waals surface area contributed by atoms with Crippen molar-refractivity contribution in [2.45, 2.75) is 29.7 Å². The van der Waals surface area contributed by atoms with Crippen molar-refractivity contribution in [3.63, 3.8) is 0 Å². The van der Waals surface area contributed by atoms with Gasteiger partial charge in [0, 0.05) is 36.6 Å². The lowest BCUT2D eigenvalue weighted by Crippen LogP contribution is -2.60. The number of nitrogens with zero attached hydrogens (tertiary/aromatic N) is 4. The Morgan fingerprint density at radius 2 is 1.44 bits per heavy atom. The Labute approximate surface area is 256 Å². The van der Waals surface area contributed by atoms with Crippen molar-refractivity contribution in [1.29, 1.82) is 0 Å². The largest absolute Gasteiger partial charge is 0.316 e. The Morgan fingerprint density at radius 3 is 2.07 bits per heavy atom. The van der Waals surface area contributed by atoms with Crippen LogP contribution in [0.5, 0.6) is 0 Å². The molecule has 1 fully saturated rings. The smallest absolute Gasteiger partial charge is 0.259 e. The van der Waals surface area contributed by atoms with Crippen LogP contribution >= 0.6 is 11.6 Å². The van der Waals surface area contributed by atoms with Gasteiger partial charge >= 0.3 is 0 Å². The van der Waals surface area contributed by atoms with Gasteiger partial charge < -0.3 is 4.57 Å². The molecule has 1 aliphatic heterocycles. The molecule has 1 saturated heterocycles. The van der Waals surface area contributed by atoms with E-state index in [2.05, 4.69) is 10.5 Å². The minimum atomic E-state index is -4.13. The maximum Gasteiger partial charge on any atom is 0.259 e. The van der Waals surface area contributed by atoms with E-state index < -0.39 is 32.0 Å². The van der Waals surface area contributed by atoms with Crippen LogP contribution in [-0.2, 0) is 24.8 Å². The third-order valence-electron chi connectivity index (χ3n) is 7.27. The maximum absolute atomic E-state index is 13.6. The molecular weight excluding hydrogens is 610 g/mol. The molecular formula is C30H30ClN5O5S2. The van der Waals surface area contributed by atoms with Crippen LogP contribution < -0.4 is 5.43 Å². The normalized spacial score (nSPS) is 16.9. The minimum Gasteiger partial charge on any atom is -0.316 e. The van der Waals surface area contributed by atoms with Crippen LogP contribution in [0, 0.1) is 13.8 Å². The van der Waals surface area contributed by atoms with E-state index in [-0.39, 0.29) is 29.4 Å². The molecule has 224 valence electrons. The number of sulfonamides is 2. The fourth-order valence-corrected chi connectivity index (χ4v) is 8.36. The summed E-state index contributed by atoms with van der Waals surface area (Å²) in [4.78, 5) is 13.6. The number of halogens is 1. The van der Waals surface area contributed by atoms with Gasteiger partial charge in [0.25, 0.3) is 5.91 Å². The zero-order valence-corrected chi connectivity index (χ0v) is 25.8. The van der Waals surface area contributed by atoms with Crippen molar-refractivity contribution in [1.82, 2.24) is 18.6 Å². The Balaban J connectivity index is 1.42. The molecule has 43 heavy (non-hydrogen) atoms. The number of benzene rings is 3. The summed E-state index contributed by atoms with van der Waals surface area (Å²) in [5.74, 6) is -0.761. The lowest BCUT2D eigenvalue weighted by atomic mass is 10.2. The first-order valence-electron chi connectivity index (χ1n) is 13.4. The van der Waals surface area contributed by atoms with Crippen LogP contribution in [0.15, 0.2) is 106 Å². The highest BCUT2D eigenvalue weighted by atomic mass is 35.5. The Hall–Kier alpha value is -3.81. The fraction of sp³-hybridized carbons (Fsp3) is 0.200. The summed E-state index contributed by atoms with van der Waals surface area (Å²) in [6.45, 7) is 3.09. The number of hydrogen-bond acceptors (Lipinski definition) is 6. The molecule has 13 heteroatoms. The number of nitrogens with one attached hydrogen (secondary N) is 1. The molecule has 0 saturated carbocycles. The third-order valence-corrected chi connectivity index (χ3v) is 11.4. The number of aromatic nitrogens is 1. The molecule has 3 aromatic carbocycles. The van der Waals surface area contributed by atoms with Gasteiger partial charge in [0.05, 0.1) is 26.7 Å². The molecule has 0 radical (unpaired) electrons. The van der Waals surface area contributed by atoms with E-state index in [0.29, 0.717) is 10.6 Å². The third kappa shape index (κ3) is 6.15. The number of carbonyl (C=O) groups is 1. The number of rotatable bonds is 8. The topological polar surface area (TPSA) is 121 Å². The first kappa shape index (κ1) is 30.6. The van der Waals surface area contributed by atoms with E-state index in [1.165, 1.54) is 30.5 Å². The van der Waals surface area contributed by atoms with Gasteiger partial charge in [-0.3, -0.25) is 4.79 Å². The second-order valence-corrected chi connectivity index (χ2v) is 14.2. The molecule has 0 spiro atoms. The van der Waals surface area contributed by atoms with E-state index in [4.69, 9.17) is 11.6 Å². The van der Waals surface area contributed by atoms with E-state index in [1.54, 1.807) is 42.5 Å². The number of carbonyl (C=O) groups excluding carboxylic acids is 1. The van der Waals surface area contributed by atoms with Gasteiger partial charge in [0.15, 0.2) is 0 Å². The van der Waals surface area contributed by atoms with Crippen LogP contribution in [0.1, 0.15) is 17.0 Å². The zero-order valence-electron chi connectivity index (χ0n) is 23.5. The van der Waals surface area contributed by atoms with Crippen molar-refractivity contribution >= 4 is 43.8 Å². The first-order valence-corrected chi connectivity index (χ1v) is 16.7. The number of hydrogen-bond donors (Lipinski definition) is 1. The lowest BCUT2D eigenvalue weighted by molar-refractivity contribution is -0.125. The second-order valence-electron chi connectivity index (χ2n) is 9.97. The average Bonchev–Trinajstić information content (AvgIpc) is 3.29. The molecule has 1 amide bonds. The average molecular weight is 640 g/mol. The summed E-state index contributed by atoms with van der Waals surface area (Å²) >= 11 is 6.41. The predicted molar refractivity (Wildman–Crippen MR) is 165 cm³/mol. The summed E-state index contributed by atoms with van der Waals surface area (Å²) < 4.78 is 58.1. The number of hydrazone groups is 1. The van der Waals surface area contributed by atoms with Crippen molar-refractivity contribution in [2.75, 3.05) is 19.6 Å². The van der Waals surface area contributed by atoms with Crippen molar-refractivity contribution in [3.8, 4) is 5.69 Å². The van der Waals surface area contributed by atoms with Gasteiger partial charge in [-0.1, -0.05) is 60.1 Å². The molecule has 0 aliphatic carbocycles. The molecule has 1 aliphatic rings. The highest BCUT2D eigenvalue weighted by Crippen LogP contribution is 2.27. The predicted octanol–water partition coefficient (Wildman–Crippen LogP) is 3.96. The molecule has 0 bridgehead atoms. The van der Waals surface area contributed by atoms with Gasteiger partial charge in [-0.05, 0) is 56.3 Å². The van der Waals surface area contributed by atoms with Crippen LogP contribution in [0.4, 0.5) is 0 Å². The molecule has 0 unspecified atom stereocenters. The molecule has 1 aromatic heterocycles. The maximum atomic E-state index is 13.6. The summed E-state index contributed by atoms with van der Waals surface area (Å²) in [7, 11) is -8.11. The zero-order chi connectivity index (χ0) is 30.8. The minimum absolute atomic E-state index is 0.00248. The quantitative estimate of drug-likeness (QED) is 0.231. The fourth-order valence-electron chi connectivity index (χ4n) is 5.09. The van der Waals surface area contributed by atoms with Crippen LogP contribution in [0.3, 0.4) is 0 Å². The number of amides is 1. The van der Waals surface area contributed by atoms with Crippen LogP contribution in [-0.4, -0.2) is 67.8 Å². The number of aryl methyl sites for hydroxylation is 1. The number of piperazine rings is 1. The Morgan fingerprint density at radius 1 is 0.860 bits per heavy atom. The van der Waals surface area contributed by atoms with Gasteiger partial charge in [-0.2, -0.15) is 13.7 Å². The van der Waals surface area contributed by atoms with E-state index >= 15 is 0 Å². The van der Waals surface area contributed by atoms with Gasteiger partial charge in [-0.15, -0.1) is 0 Å². The molecule has 1 N–H and O–H groups in total. The molecule has 2 heterocycles. The highest BCUT2D eigenvalue weighted by Gasteiger charge is 2.43. The van der Waals surface area contributed by atoms with E-state index in [9.17, 15) is 21.6 Å². The molecule has 4 aromatic rings. The molecule has 5 rings (SSSR count). The second kappa shape index (κ2) is 12.4. The van der Waals surface area contributed by atoms with Gasteiger partial charge in [0.2, 0.25) is 20.0 Å². The van der Waals surface area contributed by atoms with Crippen LogP contribution in [0.25, 0.3) is 5.69 Å². The van der Waals surface area contributed by atoms with Crippen LogP contribution in [0.2, 0.25) is 5.02 Å². The van der Waals surface area contributed by atoms with Crippen molar-refractivity contribution in [3.05, 3.63) is 113 Å². The molecule has 1 atom stereocenters. The monoisotopic (exact) mass is 639 g/mol. The lowest BCUT2D eigenvalue weighted by Gasteiger charge is -2.38. The number of para-hydroxylation sites is 1. The Bertz CT molecular complexity index is 1880. The SMILES string of the molecule is Cc1cc(/C=N\NC(=O)[C@@H]2CN(S(=O)(=O)c3ccccc3)CCN2S(=O)(=O)c2ccccc2)c(C)n1-c1ccccc1Cl.